The summed E-state index contributed by atoms with van der Waals surface area (Å²) in [7, 11) is 1.93. The molecule has 2 aromatic rings. The Morgan fingerprint density at radius 3 is 2.67 bits per heavy atom. The van der Waals surface area contributed by atoms with Crippen LogP contribution in [-0.2, 0) is 0 Å². The zero-order chi connectivity index (χ0) is 6.27. The van der Waals surface area contributed by atoms with E-state index in [0.29, 0.717) is 0 Å². The number of rotatable bonds is 1. The van der Waals surface area contributed by atoms with E-state index in [1.165, 1.54) is 16.7 Å². The van der Waals surface area contributed by atoms with E-state index in [9.17, 15) is 0 Å². The summed E-state index contributed by atoms with van der Waals surface area (Å²) < 4.78 is 0. The summed E-state index contributed by atoms with van der Waals surface area (Å²) >= 11 is 0. The molecule has 2 N–H and O–H groups in total. The van der Waals surface area contributed by atoms with Crippen molar-refractivity contribution in [3.8, 4) is 0 Å². The quantitative estimate of drug-likeness (QED) is 0.588. The smallest absolute Gasteiger partial charge is 0.0621 e. The van der Waals surface area contributed by atoms with Crippen LogP contribution in [0.5, 0.6) is 0 Å². The molecule has 2 nitrogen and oxygen atoms in total. The van der Waals surface area contributed by atoms with E-state index in [-0.39, 0.29) is 0 Å². The fourth-order valence-corrected chi connectivity index (χ4v) is 1.09. The Hall–Kier alpha value is -1.18. The van der Waals surface area contributed by atoms with Crippen molar-refractivity contribution < 1.29 is 0 Å². The second kappa shape index (κ2) is 1.41. The van der Waals surface area contributed by atoms with Gasteiger partial charge in [0, 0.05) is 12.6 Å². The van der Waals surface area contributed by atoms with Crippen molar-refractivity contribution in [3.05, 3.63) is 18.2 Å². The van der Waals surface area contributed by atoms with E-state index in [1.54, 1.807) is 0 Å². The summed E-state index contributed by atoms with van der Waals surface area (Å²) in [6.07, 6.45) is 0. The molecule has 0 atom stereocenters. The highest BCUT2D eigenvalue weighted by Crippen LogP contribution is 2.21. The van der Waals surface area contributed by atoms with Gasteiger partial charge in [0.05, 0.1) is 11.2 Å². The van der Waals surface area contributed by atoms with Crippen LogP contribution in [0.4, 0.5) is 5.69 Å². The first kappa shape index (κ1) is 4.68. The van der Waals surface area contributed by atoms with Crippen molar-refractivity contribution in [1.82, 2.24) is 4.98 Å². The third-order valence-electron chi connectivity index (χ3n) is 1.57. The van der Waals surface area contributed by atoms with Gasteiger partial charge in [-0.15, -0.1) is 0 Å². The fraction of sp³-hybridized carbons (Fsp3) is 0.143. The molecule has 0 spiro atoms. The molecule has 2 heterocycles. The van der Waals surface area contributed by atoms with Crippen LogP contribution >= 0.6 is 0 Å². The molecule has 0 aliphatic rings. The molecule has 0 fully saturated rings. The molecule has 0 saturated carbocycles. The minimum Gasteiger partial charge on any atom is -0.386 e. The molecule has 0 saturated heterocycles. The molecule has 46 valence electrons. The number of anilines is 1. The van der Waals surface area contributed by atoms with Gasteiger partial charge in [0.15, 0.2) is 0 Å². The lowest BCUT2D eigenvalue weighted by atomic mass is 10.3. The van der Waals surface area contributed by atoms with Gasteiger partial charge < -0.3 is 10.3 Å². The van der Waals surface area contributed by atoms with Gasteiger partial charge in [-0.05, 0) is 18.2 Å². The molecular formula is C7H8N2. The Labute approximate surface area is 53.2 Å². The van der Waals surface area contributed by atoms with Crippen molar-refractivity contribution in [2.24, 2.45) is 0 Å². The monoisotopic (exact) mass is 120 g/mol. The van der Waals surface area contributed by atoms with Crippen LogP contribution in [0.1, 0.15) is 0 Å². The van der Waals surface area contributed by atoms with Crippen LogP contribution in [0.15, 0.2) is 18.2 Å². The molecular weight excluding hydrogens is 112 g/mol. The molecule has 2 heteroatoms. The van der Waals surface area contributed by atoms with Crippen molar-refractivity contribution in [1.29, 1.82) is 0 Å². The number of benzene rings is 1. The molecule has 2 rings (SSSR count). The van der Waals surface area contributed by atoms with Gasteiger partial charge >= 0.3 is 0 Å². The van der Waals surface area contributed by atoms with Gasteiger partial charge in [-0.3, -0.25) is 0 Å². The standard InChI is InChI=1S/C7H8N2/c1-8-7-4-5-2-3-6(7)9-5/h2-4,8-9H,1H3. The Kier molecular flexibility index (Phi) is 0.730. The SMILES string of the molecule is CNc1cc2ccc1[nH]2. The van der Waals surface area contributed by atoms with Crippen molar-refractivity contribution >= 4 is 16.7 Å². The second-order valence-corrected chi connectivity index (χ2v) is 2.14. The Morgan fingerprint density at radius 1 is 1.44 bits per heavy atom. The van der Waals surface area contributed by atoms with Crippen LogP contribution in [0.2, 0.25) is 0 Å². The Morgan fingerprint density at radius 2 is 2.33 bits per heavy atom. The fourth-order valence-electron chi connectivity index (χ4n) is 1.09. The van der Waals surface area contributed by atoms with Crippen LogP contribution in [0.25, 0.3) is 11.0 Å². The van der Waals surface area contributed by atoms with Gasteiger partial charge in [0.2, 0.25) is 0 Å². The molecule has 0 unspecified atom stereocenters. The maximum atomic E-state index is 3.20. The predicted molar refractivity (Wildman–Crippen MR) is 39.0 cm³/mol. The molecule has 0 aliphatic carbocycles. The largest absolute Gasteiger partial charge is 0.386 e. The zero-order valence-corrected chi connectivity index (χ0v) is 5.23. The number of hydrogen-bond donors (Lipinski definition) is 2. The number of aromatic amines is 1. The number of aromatic nitrogens is 1. The molecule has 0 radical (unpaired) electrons. The summed E-state index contributed by atoms with van der Waals surface area (Å²) in [5, 5.41) is 3.08. The van der Waals surface area contributed by atoms with Crippen molar-refractivity contribution in [3.63, 3.8) is 0 Å². The van der Waals surface area contributed by atoms with Crippen LogP contribution in [-0.4, -0.2) is 12.0 Å². The maximum absolute atomic E-state index is 3.20. The average Bonchev–Trinajstić information content (AvgIpc) is 2.45. The topological polar surface area (TPSA) is 27.8 Å². The van der Waals surface area contributed by atoms with Gasteiger partial charge in [-0.1, -0.05) is 0 Å². The van der Waals surface area contributed by atoms with Crippen molar-refractivity contribution in [2.75, 3.05) is 12.4 Å². The van der Waals surface area contributed by atoms with Gasteiger partial charge in [-0.25, -0.2) is 0 Å². The molecule has 0 amide bonds. The Balaban J connectivity index is 2.72. The first-order valence-electron chi connectivity index (χ1n) is 2.99. The molecule has 2 aromatic heterocycles. The first-order valence-corrected chi connectivity index (χ1v) is 2.99. The minimum atomic E-state index is 1.19. The van der Waals surface area contributed by atoms with E-state index in [1.807, 2.05) is 7.05 Å². The molecule has 2 bridgehead atoms. The number of fused-ring (bicyclic) bond motifs is 2. The third-order valence-corrected chi connectivity index (χ3v) is 1.57. The average molecular weight is 120 g/mol. The lowest BCUT2D eigenvalue weighted by Crippen LogP contribution is -1.84. The van der Waals surface area contributed by atoms with Crippen LogP contribution in [0, 0.1) is 0 Å². The Bertz CT molecular complexity index is 297. The summed E-state index contributed by atoms with van der Waals surface area (Å²) in [5.41, 5.74) is 3.56. The lowest BCUT2D eigenvalue weighted by molar-refractivity contribution is 1.55. The summed E-state index contributed by atoms with van der Waals surface area (Å²) in [6.45, 7) is 0. The zero-order valence-electron chi connectivity index (χ0n) is 5.23. The van der Waals surface area contributed by atoms with E-state index < -0.39 is 0 Å². The molecule has 9 heavy (non-hydrogen) atoms. The highest BCUT2D eigenvalue weighted by Gasteiger charge is 1.99. The normalized spacial score (nSPS) is 10.8. The van der Waals surface area contributed by atoms with Crippen LogP contribution < -0.4 is 5.32 Å². The minimum absolute atomic E-state index is 1.19. The predicted octanol–water partition coefficient (Wildman–Crippen LogP) is 1.65. The number of nitrogens with one attached hydrogen (secondary N) is 2. The van der Waals surface area contributed by atoms with E-state index in [2.05, 4.69) is 28.5 Å². The number of hydrogen-bond acceptors (Lipinski definition) is 1. The highest BCUT2D eigenvalue weighted by molar-refractivity contribution is 5.82. The molecule has 0 aliphatic heterocycles. The maximum Gasteiger partial charge on any atom is 0.0621 e. The molecule has 0 aromatic carbocycles. The number of H-pyrrole nitrogens is 1. The van der Waals surface area contributed by atoms with Gasteiger partial charge in [0.25, 0.3) is 0 Å². The second-order valence-electron chi connectivity index (χ2n) is 2.14. The van der Waals surface area contributed by atoms with E-state index in [4.69, 9.17) is 0 Å². The van der Waals surface area contributed by atoms with Gasteiger partial charge in [0.1, 0.15) is 0 Å². The summed E-state index contributed by atoms with van der Waals surface area (Å²) in [4.78, 5) is 3.20. The third kappa shape index (κ3) is 0.499. The van der Waals surface area contributed by atoms with E-state index in [0.717, 1.165) is 0 Å². The summed E-state index contributed by atoms with van der Waals surface area (Å²) in [5.74, 6) is 0. The first-order chi connectivity index (χ1) is 4.40. The van der Waals surface area contributed by atoms with E-state index >= 15 is 0 Å². The van der Waals surface area contributed by atoms with Gasteiger partial charge in [-0.2, -0.15) is 0 Å². The summed E-state index contributed by atoms with van der Waals surface area (Å²) in [6, 6.07) is 6.23. The van der Waals surface area contributed by atoms with Crippen LogP contribution in [0.3, 0.4) is 0 Å². The lowest BCUT2D eigenvalue weighted by Gasteiger charge is -1.92. The van der Waals surface area contributed by atoms with Crippen molar-refractivity contribution in [2.45, 2.75) is 0 Å². The highest BCUT2D eigenvalue weighted by atomic mass is 14.9.